The van der Waals surface area contributed by atoms with Crippen LogP contribution in [0.5, 0.6) is 0 Å². The van der Waals surface area contributed by atoms with Gasteiger partial charge < -0.3 is 14.8 Å². The van der Waals surface area contributed by atoms with E-state index in [4.69, 9.17) is 14.5 Å². The van der Waals surface area contributed by atoms with Crippen molar-refractivity contribution in [3.63, 3.8) is 0 Å². The van der Waals surface area contributed by atoms with Gasteiger partial charge in [-0.05, 0) is 63.1 Å². The Hall–Kier alpha value is -4.08. The van der Waals surface area contributed by atoms with E-state index in [0.717, 1.165) is 59.4 Å². The average molecular weight is 612 g/mol. The quantitative estimate of drug-likeness (QED) is 0.233. The van der Waals surface area contributed by atoms with Gasteiger partial charge in [-0.1, -0.05) is 48.5 Å². The molecule has 0 bridgehead atoms. The summed E-state index contributed by atoms with van der Waals surface area (Å²) in [5.41, 5.74) is 5.58. The van der Waals surface area contributed by atoms with Gasteiger partial charge >= 0.3 is 11.9 Å². The van der Waals surface area contributed by atoms with Crippen LogP contribution < -0.4 is 5.32 Å². The number of nitrogens with zero attached hydrogens (tertiary/aromatic N) is 2. The lowest BCUT2D eigenvalue weighted by Crippen LogP contribution is -2.37. The second-order valence-corrected chi connectivity index (χ2v) is 12.8. The molecule has 0 radical (unpaired) electrons. The van der Waals surface area contributed by atoms with Gasteiger partial charge in [0.1, 0.15) is 5.00 Å². The molecule has 228 valence electrons. The molecule has 6 rings (SSSR count). The molecule has 1 aliphatic heterocycles. The minimum atomic E-state index is -0.553. The largest absolute Gasteiger partial charge is 0.462 e. The minimum absolute atomic E-state index is 0.236. The third-order valence-electron chi connectivity index (χ3n) is 8.61. The molecule has 1 amide bonds. The van der Waals surface area contributed by atoms with E-state index in [2.05, 4.69) is 36.2 Å². The highest BCUT2D eigenvalue weighted by molar-refractivity contribution is 7.17. The molecule has 0 saturated heterocycles. The van der Waals surface area contributed by atoms with Crippen LogP contribution in [0, 0.1) is 0 Å². The number of rotatable bonds is 8. The number of anilines is 1. The number of para-hydroxylation sites is 1. The Morgan fingerprint density at radius 1 is 0.977 bits per heavy atom. The Morgan fingerprint density at radius 2 is 1.73 bits per heavy atom. The summed E-state index contributed by atoms with van der Waals surface area (Å²) in [5, 5.41) is 4.03. The number of thiophene rings is 1. The lowest BCUT2D eigenvalue weighted by atomic mass is 9.83. The van der Waals surface area contributed by atoms with Crippen molar-refractivity contribution in [1.29, 1.82) is 0 Å². The zero-order valence-electron chi connectivity index (χ0n) is 25.4. The van der Waals surface area contributed by atoms with Gasteiger partial charge in [0.2, 0.25) is 0 Å². The second-order valence-electron chi connectivity index (χ2n) is 11.6. The third-order valence-corrected chi connectivity index (χ3v) is 9.78. The fraction of sp³-hybridized carbons (Fsp3) is 0.371. The Bertz CT molecular complexity index is 1710. The van der Waals surface area contributed by atoms with Crippen LogP contribution in [-0.4, -0.2) is 53.5 Å². The van der Waals surface area contributed by atoms with Gasteiger partial charge in [0.05, 0.1) is 23.3 Å². The highest BCUT2D eigenvalue weighted by Crippen LogP contribution is 2.43. The van der Waals surface area contributed by atoms with Crippen molar-refractivity contribution in [2.75, 3.05) is 25.1 Å². The van der Waals surface area contributed by atoms with Crippen LogP contribution in [-0.2, 0) is 40.1 Å². The monoisotopic (exact) mass is 611 g/mol. The highest BCUT2D eigenvalue weighted by Gasteiger charge is 2.32. The van der Waals surface area contributed by atoms with E-state index in [9.17, 15) is 14.4 Å². The molecule has 1 unspecified atom stereocenters. The third kappa shape index (κ3) is 5.99. The first-order chi connectivity index (χ1) is 21.3. The molecule has 1 aliphatic carbocycles. The lowest BCUT2D eigenvalue weighted by Gasteiger charge is -2.32. The van der Waals surface area contributed by atoms with E-state index < -0.39 is 24.5 Å². The molecule has 2 aliphatic rings. The highest BCUT2D eigenvalue weighted by atomic mass is 32.1. The summed E-state index contributed by atoms with van der Waals surface area (Å²) in [5.74, 6) is -1.16. The van der Waals surface area contributed by atoms with Crippen molar-refractivity contribution in [2.45, 2.75) is 65.0 Å². The maximum atomic E-state index is 13.6. The molecule has 1 atom stereocenters. The average Bonchev–Trinajstić information content (AvgIpc) is 3.39. The molecule has 2 aromatic heterocycles. The zero-order valence-corrected chi connectivity index (χ0v) is 26.2. The van der Waals surface area contributed by atoms with Crippen LogP contribution in [0.3, 0.4) is 0 Å². The first kappa shape index (κ1) is 30.0. The molecule has 8 nitrogen and oxygen atoms in total. The Balaban J connectivity index is 1.22. The molecule has 2 aromatic carbocycles. The normalized spacial score (nSPS) is 16.3. The number of esters is 2. The maximum absolute atomic E-state index is 13.6. The van der Waals surface area contributed by atoms with Gasteiger partial charge in [0, 0.05) is 47.1 Å². The molecule has 0 spiro atoms. The molecule has 0 fully saturated rings. The van der Waals surface area contributed by atoms with Crippen molar-refractivity contribution in [1.82, 2.24) is 9.88 Å². The second kappa shape index (κ2) is 12.9. The summed E-state index contributed by atoms with van der Waals surface area (Å²) < 4.78 is 11.0. The van der Waals surface area contributed by atoms with Crippen molar-refractivity contribution >= 4 is 45.1 Å². The Kier molecular flexibility index (Phi) is 8.77. The number of aromatic nitrogens is 1. The number of hydrogen-bond donors (Lipinski definition) is 1. The predicted molar refractivity (Wildman–Crippen MR) is 171 cm³/mol. The van der Waals surface area contributed by atoms with Crippen LogP contribution >= 0.6 is 11.3 Å². The van der Waals surface area contributed by atoms with E-state index in [1.54, 1.807) is 6.92 Å². The van der Waals surface area contributed by atoms with Gasteiger partial charge in [0.25, 0.3) is 5.91 Å². The van der Waals surface area contributed by atoms with Gasteiger partial charge in [-0.25, -0.2) is 9.59 Å². The fourth-order valence-corrected chi connectivity index (χ4v) is 7.69. The number of carbonyl (C=O) groups is 3. The molecule has 4 aromatic rings. The predicted octanol–water partition coefficient (Wildman–Crippen LogP) is 6.31. The number of ether oxygens (including phenoxy) is 2. The molecule has 9 heteroatoms. The molecule has 3 heterocycles. The van der Waals surface area contributed by atoms with Crippen molar-refractivity contribution in [2.24, 2.45) is 0 Å². The smallest absolute Gasteiger partial charge is 0.341 e. The zero-order chi connectivity index (χ0) is 30.8. The van der Waals surface area contributed by atoms with Crippen LogP contribution in [0.1, 0.15) is 81.1 Å². The number of fused-ring (bicyclic) bond motifs is 3. The van der Waals surface area contributed by atoms with Gasteiger partial charge in [0.15, 0.2) is 6.61 Å². The molecular weight excluding hydrogens is 574 g/mol. The fourth-order valence-electron chi connectivity index (χ4n) is 6.35. The number of nitrogens with one attached hydrogen (secondary N) is 1. The summed E-state index contributed by atoms with van der Waals surface area (Å²) in [6, 6.07) is 18.2. The number of carbonyl (C=O) groups excluding carboxylic acids is 3. The van der Waals surface area contributed by atoms with Crippen LogP contribution in [0.4, 0.5) is 5.00 Å². The Morgan fingerprint density at radius 3 is 2.50 bits per heavy atom. The van der Waals surface area contributed by atoms with Gasteiger partial charge in [-0.3, -0.25) is 14.7 Å². The topological polar surface area (TPSA) is 97.8 Å². The standard InChI is InChI=1S/C35H37N3O5S/c1-4-42-35(41)32-25-15-14-23(22-10-6-5-7-11-22)18-29(25)44-33(32)37-30(39)20-43-34(40)31-24-12-8-9-13-27(24)36-28-16-17-38(21(2)3)19-26(28)31/h5-13,21,23H,4,14-20H2,1-3H3,(H,37,39). The van der Waals surface area contributed by atoms with Gasteiger partial charge in [-0.2, -0.15) is 0 Å². The number of benzene rings is 2. The number of pyridine rings is 1. The van der Waals surface area contributed by atoms with Crippen molar-refractivity contribution < 1.29 is 23.9 Å². The Labute approximate surface area is 261 Å². The van der Waals surface area contributed by atoms with Gasteiger partial charge in [-0.15, -0.1) is 11.3 Å². The summed E-state index contributed by atoms with van der Waals surface area (Å²) in [7, 11) is 0. The van der Waals surface area contributed by atoms with Crippen LogP contribution in [0.2, 0.25) is 0 Å². The van der Waals surface area contributed by atoms with Crippen molar-refractivity contribution in [3.8, 4) is 0 Å². The van der Waals surface area contributed by atoms with Crippen molar-refractivity contribution in [3.05, 3.63) is 93.0 Å². The molecule has 1 N–H and O–H groups in total. The molecule has 0 saturated carbocycles. The van der Waals surface area contributed by atoms with E-state index in [1.807, 2.05) is 42.5 Å². The first-order valence-electron chi connectivity index (χ1n) is 15.3. The maximum Gasteiger partial charge on any atom is 0.341 e. The SMILES string of the molecule is CCOC(=O)c1c(NC(=O)COC(=O)c2c3c(nc4ccccc24)CCN(C(C)C)C3)sc2c1CCC(c1ccccc1)C2. The van der Waals surface area contributed by atoms with E-state index in [0.29, 0.717) is 40.0 Å². The van der Waals surface area contributed by atoms with E-state index in [1.165, 1.54) is 16.9 Å². The summed E-state index contributed by atoms with van der Waals surface area (Å²) in [6.45, 7) is 7.26. The molecule has 44 heavy (non-hydrogen) atoms. The first-order valence-corrected chi connectivity index (χ1v) is 16.1. The number of hydrogen-bond acceptors (Lipinski definition) is 8. The molecular formula is C35H37N3O5S. The summed E-state index contributed by atoms with van der Waals surface area (Å²) >= 11 is 1.41. The minimum Gasteiger partial charge on any atom is -0.462 e. The summed E-state index contributed by atoms with van der Waals surface area (Å²) in [6.07, 6.45) is 3.15. The lowest BCUT2D eigenvalue weighted by molar-refractivity contribution is -0.119. The van der Waals surface area contributed by atoms with E-state index in [-0.39, 0.29) is 6.61 Å². The summed E-state index contributed by atoms with van der Waals surface area (Å²) in [4.78, 5) is 48.1. The number of amides is 1. The van der Waals surface area contributed by atoms with E-state index >= 15 is 0 Å². The van der Waals surface area contributed by atoms with Crippen LogP contribution in [0.15, 0.2) is 54.6 Å². The van der Waals surface area contributed by atoms with Crippen LogP contribution in [0.25, 0.3) is 10.9 Å².